The Balaban J connectivity index is 1.63. The number of rotatable bonds is 1. The molecule has 4 fully saturated rings. The first-order valence-electron chi connectivity index (χ1n) is 14.3. The highest BCUT2D eigenvalue weighted by molar-refractivity contribution is 5.97. The monoisotopic (exact) mass is 507 g/mol. The Morgan fingerprint density at radius 1 is 0.973 bits per heavy atom. The minimum absolute atomic E-state index is 0.0458. The number of esters is 1. The van der Waals surface area contributed by atoms with Crippen LogP contribution in [0.15, 0.2) is 11.6 Å². The lowest BCUT2D eigenvalue weighted by Gasteiger charge is -2.70. The molecule has 0 aromatic heterocycles. The van der Waals surface area contributed by atoms with E-state index in [1.165, 1.54) is 12.7 Å². The van der Waals surface area contributed by atoms with E-state index < -0.39 is 22.2 Å². The van der Waals surface area contributed by atoms with Gasteiger partial charge in [0.1, 0.15) is 5.92 Å². The third kappa shape index (κ3) is 3.17. The van der Waals surface area contributed by atoms with E-state index in [1.54, 1.807) is 0 Å². The van der Waals surface area contributed by atoms with Gasteiger partial charge in [0.15, 0.2) is 11.6 Å². The van der Waals surface area contributed by atoms with Crippen LogP contribution in [0.25, 0.3) is 0 Å². The fourth-order valence-electron chi connectivity index (χ4n) is 10.7. The van der Waals surface area contributed by atoms with E-state index in [0.29, 0.717) is 6.42 Å². The van der Waals surface area contributed by atoms with Crippen molar-refractivity contribution in [2.75, 3.05) is 7.11 Å². The van der Waals surface area contributed by atoms with Crippen LogP contribution in [-0.4, -0.2) is 24.6 Å². The smallest absolute Gasteiger partial charge is 0.311 e. The number of methoxy groups -OCH3 is 1. The number of fused-ring (bicyclic) bond motifs is 7. The van der Waals surface area contributed by atoms with Gasteiger partial charge in [-0.1, -0.05) is 47.1 Å². The quantitative estimate of drug-likeness (QED) is 0.380. The van der Waals surface area contributed by atoms with Crippen molar-refractivity contribution < 1.29 is 19.1 Å². The predicted octanol–water partition coefficient (Wildman–Crippen LogP) is 6.46. The molecule has 0 aromatic carbocycles. The lowest BCUT2D eigenvalue weighted by molar-refractivity contribution is -0.191. The SMILES string of the molecule is COC(=O)[C@@]1(C)CC[C@]2(C)CC[C@]3(C)C(=CC(=O)[C@@H]4[C@@]5(C)CC(C#N)C(=O)C(C)(C)[C@@H]5CC[C@]43C)[C@H]2C1. The molecule has 5 heteroatoms. The van der Waals surface area contributed by atoms with Gasteiger partial charge in [-0.2, -0.15) is 5.26 Å². The van der Waals surface area contributed by atoms with Gasteiger partial charge >= 0.3 is 5.97 Å². The molecule has 0 N–H and O–H groups in total. The average Bonchev–Trinajstić information content (AvgIpc) is 2.83. The predicted molar refractivity (Wildman–Crippen MR) is 141 cm³/mol. The third-order valence-corrected chi connectivity index (χ3v) is 13.1. The second-order valence-corrected chi connectivity index (χ2v) is 15.2. The molecule has 0 heterocycles. The number of carbonyl (C=O) groups excluding carboxylic acids is 3. The zero-order valence-corrected chi connectivity index (χ0v) is 24.1. The van der Waals surface area contributed by atoms with Crippen LogP contribution >= 0.6 is 0 Å². The molecule has 1 unspecified atom stereocenters. The highest BCUT2D eigenvalue weighted by Gasteiger charge is 2.71. The molecular formula is C32H45NO4. The highest BCUT2D eigenvalue weighted by Crippen LogP contribution is 2.75. The summed E-state index contributed by atoms with van der Waals surface area (Å²) in [7, 11) is 1.48. The lowest BCUT2D eigenvalue weighted by Crippen LogP contribution is -2.67. The van der Waals surface area contributed by atoms with E-state index in [2.05, 4.69) is 33.8 Å². The van der Waals surface area contributed by atoms with Gasteiger partial charge < -0.3 is 4.74 Å². The van der Waals surface area contributed by atoms with Crippen LogP contribution in [0.5, 0.6) is 0 Å². The van der Waals surface area contributed by atoms with Crippen LogP contribution in [0.2, 0.25) is 0 Å². The fourth-order valence-corrected chi connectivity index (χ4v) is 10.7. The summed E-state index contributed by atoms with van der Waals surface area (Å²) in [6.45, 7) is 15.3. The Kier molecular flexibility index (Phi) is 5.61. The maximum absolute atomic E-state index is 14.4. The zero-order chi connectivity index (χ0) is 27.4. The topological polar surface area (TPSA) is 84.2 Å². The molecule has 9 atom stereocenters. The molecule has 0 spiro atoms. The van der Waals surface area contributed by atoms with Gasteiger partial charge in [0.2, 0.25) is 0 Å². The second kappa shape index (κ2) is 7.80. The van der Waals surface area contributed by atoms with Crippen molar-refractivity contribution in [2.24, 2.45) is 56.2 Å². The molecule has 5 aliphatic carbocycles. The normalized spacial score (nSPS) is 50.4. The standard InChI is InChI=1S/C32H45NO4/c1-27(2)23-9-10-32(7)24(30(23,5)16-19(18-33)25(27)35)22(34)15-20-21-17-29(4,26(36)37-8)12-11-28(21,3)13-14-31(20,32)6/h15,19,21,23-24H,9-14,16-17H2,1-8H3/t19?,21-,23+,24-,28-,29+,30+,31-,32-/m1/s1. The molecule has 0 aliphatic heterocycles. The summed E-state index contributed by atoms with van der Waals surface area (Å²) in [6.07, 6.45) is 8.90. The molecule has 202 valence electrons. The number of ketones is 2. The van der Waals surface area contributed by atoms with Gasteiger partial charge in [-0.3, -0.25) is 14.4 Å². The summed E-state index contributed by atoms with van der Waals surface area (Å²) in [6, 6.07) is 2.30. The minimum atomic E-state index is -0.654. The van der Waals surface area contributed by atoms with Crippen LogP contribution in [0.3, 0.4) is 0 Å². The zero-order valence-electron chi connectivity index (χ0n) is 24.1. The van der Waals surface area contributed by atoms with Gasteiger partial charge in [-0.05, 0) is 97.9 Å². The number of hydrogen-bond acceptors (Lipinski definition) is 5. The molecule has 5 aliphatic rings. The van der Waals surface area contributed by atoms with E-state index in [0.717, 1.165) is 44.9 Å². The van der Waals surface area contributed by atoms with Crippen molar-refractivity contribution in [2.45, 2.75) is 99.8 Å². The molecule has 0 bridgehead atoms. The Morgan fingerprint density at radius 2 is 1.62 bits per heavy atom. The lowest BCUT2D eigenvalue weighted by atomic mass is 9.33. The molecule has 5 nitrogen and oxygen atoms in total. The summed E-state index contributed by atoms with van der Waals surface area (Å²) in [4.78, 5) is 40.5. The van der Waals surface area contributed by atoms with Crippen LogP contribution in [0.1, 0.15) is 99.8 Å². The number of nitrogens with zero attached hydrogens (tertiary/aromatic N) is 1. The molecule has 0 aromatic rings. The summed E-state index contributed by atoms with van der Waals surface area (Å²) >= 11 is 0. The van der Waals surface area contributed by atoms with Gasteiger partial charge in [0, 0.05) is 11.3 Å². The minimum Gasteiger partial charge on any atom is -0.469 e. The second-order valence-electron chi connectivity index (χ2n) is 15.2. The average molecular weight is 508 g/mol. The number of nitriles is 1. The van der Waals surface area contributed by atoms with Crippen molar-refractivity contribution in [3.63, 3.8) is 0 Å². The first kappa shape index (κ1) is 26.6. The fraction of sp³-hybridized carbons (Fsp3) is 0.812. The van der Waals surface area contributed by atoms with Crippen molar-refractivity contribution in [1.29, 1.82) is 5.26 Å². The summed E-state index contributed by atoms with van der Waals surface area (Å²) in [5, 5.41) is 9.93. The van der Waals surface area contributed by atoms with Crippen LogP contribution in [0, 0.1) is 67.5 Å². The Bertz CT molecular complexity index is 1150. The number of ether oxygens (including phenoxy) is 1. The first-order chi connectivity index (χ1) is 17.0. The van der Waals surface area contributed by atoms with Crippen molar-refractivity contribution >= 4 is 17.5 Å². The van der Waals surface area contributed by atoms with Crippen molar-refractivity contribution in [3.05, 3.63) is 11.6 Å². The maximum Gasteiger partial charge on any atom is 0.311 e. The molecule has 0 radical (unpaired) electrons. The number of hydrogen-bond donors (Lipinski definition) is 0. The number of carbonyl (C=O) groups is 3. The Morgan fingerprint density at radius 3 is 2.24 bits per heavy atom. The largest absolute Gasteiger partial charge is 0.469 e. The molecule has 5 rings (SSSR count). The van der Waals surface area contributed by atoms with Gasteiger partial charge in [-0.25, -0.2) is 0 Å². The summed E-state index contributed by atoms with van der Waals surface area (Å²) in [5.74, 6) is -0.521. The molecule has 4 saturated carbocycles. The van der Waals surface area contributed by atoms with E-state index in [1.807, 2.05) is 26.8 Å². The van der Waals surface area contributed by atoms with Crippen LogP contribution < -0.4 is 0 Å². The molecule has 37 heavy (non-hydrogen) atoms. The van der Waals surface area contributed by atoms with Gasteiger partial charge in [-0.15, -0.1) is 0 Å². The van der Waals surface area contributed by atoms with Crippen LogP contribution in [-0.2, 0) is 19.1 Å². The highest BCUT2D eigenvalue weighted by atomic mass is 16.5. The van der Waals surface area contributed by atoms with E-state index in [9.17, 15) is 19.6 Å². The maximum atomic E-state index is 14.4. The molecule has 0 saturated heterocycles. The van der Waals surface area contributed by atoms with E-state index >= 15 is 0 Å². The van der Waals surface area contributed by atoms with Gasteiger partial charge in [0.25, 0.3) is 0 Å². The van der Waals surface area contributed by atoms with Crippen LogP contribution in [0.4, 0.5) is 0 Å². The third-order valence-electron chi connectivity index (χ3n) is 13.1. The Labute approximate surface area is 222 Å². The number of allylic oxidation sites excluding steroid dienone is 2. The van der Waals surface area contributed by atoms with Crippen molar-refractivity contribution in [3.8, 4) is 6.07 Å². The van der Waals surface area contributed by atoms with Crippen molar-refractivity contribution in [1.82, 2.24) is 0 Å². The number of Topliss-reactive ketones (excluding diaryl/α,β-unsaturated/α-hetero) is 1. The first-order valence-corrected chi connectivity index (χ1v) is 14.3. The summed E-state index contributed by atoms with van der Waals surface area (Å²) < 4.78 is 5.24. The Hall–Kier alpha value is -1.96. The van der Waals surface area contributed by atoms with Gasteiger partial charge in [0.05, 0.1) is 18.6 Å². The summed E-state index contributed by atoms with van der Waals surface area (Å²) in [5.41, 5.74) is -0.630. The van der Waals surface area contributed by atoms with E-state index in [4.69, 9.17) is 4.74 Å². The van der Waals surface area contributed by atoms with E-state index in [-0.39, 0.29) is 51.5 Å². The molecular weight excluding hydrogens is 462 g/mol. The molecule has 0 amide bonds.